The Morgan fingerprint density at radius 3 is 2.55 bits per heavy atom. The highest BCUT2D eigenvalue weighted by Gasteiger charge is 2.16. The van der Waals surface area contributed by atoms with Gasteiger partial charge >= 0.3 is 0 Å². The molecule has 1 aliphatic heterocycles. The molecule has 0 bridgehead atoms. The molecule has 148 valence electrons. The number of nitrogens with two attached hydrogens (primary N) is 1. The van der Waals surface area contributed by atoms with Gasteiger partial charge in [-0.25, -0.2) is 4.68 Å². The Kier molecular flexibility index (Phi) is 4.56. The second-order valence-corrected chi connectivity index (χ2v) is 7.84. The van der Waals surface area contributed by atoms with Gasteiger partial charge in [-0.15, -0.1) is 0 Å². The monoisotopic (exact) mass is 387 g/mol. The summed E-state index contributed by atoms with van der Waals surface area (Å²) in [5, 5.41) is 6.02. The molecule has 0 atom stereocenters. The number of aromatic nitrogens is 3. The lowest BCUT2D eigenvalue weighted by Gasteiger charge is -2.26. The van der Waals surface area contributed by atoms with Crippen molar-refractivity contribution < 1.29 is 0 Å². The molecule has 5 rings (SSSR count). The van der Waals surface area contributed by atoms with E-state index in [9.17, 15) is 4.79 Å². The van der Waals surface area contributed by atoms with E-state index in [1.165, 1.54) is 37.9 Å². The summed E-state index contributed by atoms with van der Waals surface area (Å²) in [6.07, 6.45) is 5.04. The summed E-state index contributed by atoms with van der Waals surface area (Å²) < 4.78 is 1.67. The minimum absolute atomic E-state index is 0.208. The summed E-state index contributed by atoms with van der Waals surface area (Å²) in [5.74, 6) is 0.369. The largest absolute Gasteiger partial charge is 0.383 e. The van der Waals surface area contributed by atoms with E-state index in [0.717, 1.165) is 29.6 Å². The number of aromatic amines is 1. The summed E-state index contributed by atoms with van der Waals surface area (Å²) >= 11 is 0. The smallest absolute Gasteiger partial charge is 0.261 e. The van der Waals surface area contributed by atoms with E-state index in [1.54, 1.807) is 4.68 Å². The Hall–Kier alpha value is -3.12. The van der Waals surface area contributed by atoms with Gasteiger partial charge in [-0.3, -0.25) is 4.79 Å². The minimum atomic E-state index is -0.208. The Morgan fingerprint density at radius 2 is 1.76 bits per heavy atom. The lowest BCUT2D eigenvalue weighted by atomic mass is 10.1. The van der Waals surface area contributed by atoms with Gasteiger partial charge < -0.3 is 15.6 Å². The SMILES string of the molecule is Nc1c2c(=O)[nH]c3ccccc3c2nn1-c1ccc(CCN2CCCCC2)cc1. The number of hydrogen-bond acceptors (Lipinski definition) is 4. The summed E-state index contributed by atoms with van der Waals surface area (Å²) in [6.45, 7) is 3.54. The Balaban J connectivity index is 1.46. The molecule has 1 fully saturated rings. The van der Waals surface area contributed by atoms with E-state index in [-0.39, 0.29) is 5.56 Å². The van der Waals surface area contributed by atoms with Crippen LogP contribution < -0.4 is 11.3 Å². The van der Waals surface area contributed by atoms with Gasteiger partial charge in [0, 0.05) is 11.9 Å². The molecule has 0 unspecified atom stereocenters. The number of para-hydroxylation sites is 1. The number of fused-ring (bicyclic) bond motifs is 3. The normalized spacial score (nSPS) is 15.3. The predicted molar refractivity (Wildman–Crippen MR) is 118 cm³/mol. The molecule has 0 saturated carbocycles. The molecule has 0 spiro atoms. The number of H-pyrrole nitrogens is 1. The van der Waals surface area contributed by atoms with Gasteiger partial charge in [0.05, 0.1) is 11.2 Å². The molecule has 0 amide bonds. The highest BCUT2D eigenvalue weighted by Crippen LogP contribution is 2.26. The van der Waals surface area contributed by atoms with Gasteiger partial charge in [-0.05, 0) is 56.1 Å². The van der Waals surface area contributed by atoms with Crippen molar-refractivity contribution in [2.45, 2.75) is 25.7 Å². The average Bonchev–Trinajstić information content (AvgIpc) is 3.12. The molecular weight excluding hydrogens is 362 g/mol. The number of nitrogens with zero attached hydrogens (tertiary/aromatic N) is 3. The van der Waals surface area contributed by atoms with E-state index in [2.05, 4.69) is 27.1 Å². The fourth-order valence-electron chi connectivity index (χ4n) is 4.30. The summed E-state index contributed by atoms with van der Waals surface area (Å²) in [5.41, 5.74) is 9.69. The molecule has 1 aliphatic rings. The van der Waals surface area contributed by atoms with E-state index in [1.807, 2.05) is 36.4 Å². The Labute approximate surface area is 168 Å². The van der Waals surface area contributed by atoms with Crippen LogP contribution in [0.25, 0.3) is 27.5 Å². The van der Waals surface area contributed by atoms with Crippen LogP contribution >= 0.6 is 0 Å². The molecule has 2 aromatic carbocycles. The fraction of sp³-hybridized carbons (Fsp3) is 0.304. The standard InChI is InChI=1S/C23H25N5O/c24-22-20-21(18-6-2-3-7-19(18)25-23(20)29)26-28(22)17-10-8-16(9-11-17)12-15-27-13-4-1-5-14-27/h2-3,6-11H,1,4-5,12-15,24H2,(H,25,29). The average molecular weight is 387 g/mol. The van der Waals surface area contributed by atoms with E-state index in [0.29, 0.717) is 16.7 Å². The first-order chi connectivity index (χ1) is 14.2. The lowest BCUT2D eigenvalue weighted by Crippen LogP contribution is -2.31. The number of benzene rings is 2. The van der Waals surface area contributed by atoms with E-state index < -0.39 is 0 Å². The maximum Gasteiger partial charge on any atom is 0.261 e. The predicted octanol–water partition coefficient (Wildman–Crippen LogP) is 3.48. The molecule has 3 N–H and O–H groups in total. The third-order valence-electron chi connectivity index (χ3n) is 5.92. The highest BCUT2D eigenvalue weighted by atomic mass is 16.1. The van der Waals surface area contributed by atoms with Crippen molar-refractivity contribution in [3.63, 3.8) is 0 Å². The first-order valence-corrected chi connectivity index (χ1v) is 10.3. The van der Waals surface area contributed by atoms with Crippen LogP contribution in [0, 0.1) is 0 Å². The van der Waals surface area contributed by atoms with Crippen molar-refractivity contribution >= 4 is 27.6 Å². The molecule has 29 heavy (non-hydrogen) atoms. The van der Waals surface area contributed by atoms with Crippen molar-refractivity contribution in [2.24, 2.45) is 0 Å². The van der Waals surface area contributed by atoms with Crippen molar-refractivity contribution in [2.75, 3.05) is 25.4 Å². The number of pyridine rings is 1. The molecule has 0 aliphatic carbocycles. The Morgan fingerprint density at radius 1 is 1.00 bits per heavy atom. The third-order valence-corrected chi connectivity index (χ3v) is 5.92. The zero-order chi connectivity index (χ0) is 19.8. The van der Waals surface area contributed by atoms with Crippen LogP contribution in [-0.2, 0) is 6.42 Å². The van der Waals surface area contributed by atoms with Crippen LogP contribution in [0.1, 0.15) is 24.8 Å². The number of nitrogens with one attached hydrogen (secondary N) is 1. The second-order valence-electron chi connectivity index (χ2n) is 7.84. The molecule has 6 heteroatoms. The number of nitrogen functional groups attached to an aromatic ring is 1. The van der Waals surface area contributed by atoms with Gasteiger partial charge in [0.1, 0.15) is 16.7 Å². The van der Waals surface area contributed by atoms with Crippen LogP contribution in [0.3, 0.4) is 0 Å². The zero-order valence-electron chi connectivity index (χ0n) is 16.4. The van der Waals surface area contributed by atoms with Crippen LogP contribution in [0.4, 0.5) is 5.82 Å². The minimum Gasteiger partial charge on any atom is -0.383 e. The number of rotatable bonds is 4. The van der Waals surface area contributed by atoms with Crippen LogP contribution in [0.5, 0.6) is 0 Å². The van der Waals surface area contributed by atoms with Crippen LogP contribution in [-0.4, -0.2) is 39.3 Å². The number of piperidine rings is 1. The van der Waals surface area contributed by atoms with E-state index in [4.69, 9.17) is 5.73 Å². The number of likely N-dealkylation sites (tertiary alicyclic amines) is 1. The molecule has 6 nitrogen and oxygen atoms in total. The lowest BCUT2D eigenvalue weighted by molar-refractivity contribution is 0.231. The van der Waals surface area contributed by atoms with Crippen molar-refractivity contribution in [1.29, 1.82) is 0 Å². The van der Waals surface area contributed by atoms with Gasteiger partial charge in [0.15, 0.2) is 0 Å². The van der Waals surface area contributed by atoms with Gasteiger partial charge in [0.25, 0.3) is 5.56 Å². The van der Waals surface area contributed by atoms with Crippen molar-refractivity contribution in [3.05, 3.63) is 64.4 Å². The number of anilines is 1. The first kappa shape index (κ1) is 17.9. The quantitative estimate of drug-likeness (QED) is 0.562. The van der Waals surface area contributed by atoms with Crippen molar-refractivity contribution in [3.8, 4) is 5.69 Å². The Bertz CT molecular complexity index is 1220. The molecule has 2 aromatic heterocycles. The molecule has 4 aromatic rings. The third kappa shape index (κ3) is 3.29. The number of hydrogen-bond donors (Lipinski definition) is 2. The van der Waals surface area contributed by atoms with Crippen molar-refractivity contribution in [1.82, 2.24) is 19.7 Å². The highest BCUT2D eigenvalue weighted by molar-refractivity contribution is 6.06. The summed E-state index contributed by atoms with van der Waals surface area (Å²) in [6, 6.07) is 16.0. The van der Waals surface area contributed by atoms with E-state index >= 15 is 0 Å². The summed E-state index contributed by atoms with van der Waals surface area (Å²) in [4.78, 5) is 18.0. The fourth-order valence-corrected chi connectivity index (χ4v) is 4.30. The van der Waals surface area contributed by atoms with Crippen LogP contribution in [0.2, 0.25) is 0 Å². The molecule has 0 radical (unpaired) electrons. The van der Waals surface area contributed by atoms with Crippen LogP contribution in [0.15, 0.2) is 53.3 Å². The molecule has 1 saturated heterocycles. The maximum atomic E-state index is 12.6. The van der Waals surface area contributed by atoms with Gasteiger partial charge in [0.2, 0.25) is 0 Å². The van der Waals surface area contributed by atoms with Gasteiger partial charge in [-0.2, -0.15) is 5.10 Å². The summed E-state index contributed by atoms with van der Waals surface area (Å²) in [7, 11) is 0. The first-order valence-electron chi connectivity index (χ1n) is 10.3. The maximum absolute atomic E-state index is 12.6. The zero-order valence-corrected chi connectivity index (χ0v) is 16.4. The topological polar surface area (TPSA) is 79.9 Å². The molecule has 3 heterocycles. The van der Waals surface area contributed by atoms with Gasteiger partial charge in [-0.1, -0.05) is 36.8 Å². The second kappa shape index (κ2) is 7.37. The molecular formula is C23H25N5O.